The smallest absolute Gasteiger partial charge is 0.280 e. The van der Waals surface area contributed by atoms with Gasteiger partial charge in [0, 0.05) is 12.1 Å². The molecular formula is C17H18IN3O5. The van der Waals surface area contributed by atoms with Crippen LogP contribution in [0.4, 0.5) is 11.4 Å². The summed E-state index contributed by atoms with van der Waals surface area (Å²) in [7, 11) is 5.79. The third kappa shape index (κ3) is 5.05. The van der Waals surface area contributed by atoms with Crippen LogP contribution in [0.1, 0.15) is 15.9 Å². The summed E-state index contributed by atoms with van der Waals surface area (Å²) < 4.78 is 0.527. The highest BCUT2D eigenvalue weighted by Gasteiger charge is 2.21. The molecule has 0 bridgehead atoms. The van der Waals surface area contributed by atoms with Crippen LogP contribution in [0.25, 0.3) is 11.1 Å². The number of carbonyl (C=O) groups excluding carboxylic acids is 1. The standard InChI is InChI=1S/C17H18N3O5.HI/c1-20(2,3)10-14-6-4-12(8-16(14)18(22)23)13-5-7-15(11-21)17(9-13)19(24)25;/h4-9,11H,10H2,1-3H3;1H/q+1;/p-1. The van der Waals surface area contributed by atoms with E-state index in [2.05, 4.69) is 0 Å². The molecule has 8 nitrogen and oxygen atoms in total. The Balaban J connectivity index is 0.00000338. The molecular weight excluding hydrogens is 453 g/mol. The van der Waals surface area contributed by atoms with E-state index in [1.54, 1.807) is 12.1 Å². The van der Waals surface area contributed by atoms with Gasteiger partial charge in [-0.3, -0.25) is 25.0 Å². The van der Waals surface area contributed by atoms with Gasteiger partial charge in [-0.2, -0.15) is 0 Å². The molecule has 138 valence electrons. The Morgan fingerprint density at radius 3 is 1.88 bits per heavy atom. The highest BCUT2D eigenvalue weighted by molar-refractivity contribution is 5.84. The van der Waals surface area contributed by atoms with Crippen molar-refractivity contribution in [1.29, 1.82) is 0 Å². The SMILES string of the molecule is C[N+](C)(C)Cc1ccc(-c2ccc(C=O)c([N+](=O)[O-])c2)cc1[N+](=O)[O-].[I-]. The number of benzene rings is 2. The van der Waals surface area contributed by atoms with Gasteiger partial charge in [0.2, 0.25) is 0 Å². The Bertz CT molecular complexity index is 862. The molecule has 0 N–H and O–H groups in total. The summed E-state index contributed by atoms with van der Waals surface area (Å²) in [5, 5.41) is 22.5. The maximum Gasteiger partial charge on any atom is 0.280 e. The number of aldehydes is 1. The Labute approximate surface area is 167 Å². The van der Waals surface area contributed by atoms with Gasteiger partial charge in [-0.1, -0.05) is 12.1 Å². The summed E-state index contributed by atoms with van der Waals surface area (Å²) >= 11 is 0. The lowest BCUT2D eigenvalue weighted by molar-refractivity contribution is -0.884. The summed E-state index contributed by atoms with van der Waals surface area (Å²) in [5.74, 6) is 0. The molecule has 0 radical (unpaired) electrons. The molecule has 0 saturated carbocycles. The van der Waals surface area contributed by atoms with E-state index in [0.717, 1.165) is 0 Å². The summed E-state index contributed by atoms with van der Waals surface area (Å²) in [6, 6.07) is 8.89. The summed E-state index contributed by atoms with van der Waals surface area (Å²) in [5.41, 5.74) is 1.11. The van der Waals surface area contributed by atoms with E-state index in [1.165, 1.54) is 24.3 Å². The van der Waals surface area contributed by atoms with Crippen LogP contribution < -0.4 is 24.0 Å². The van der Waals surface area contributed by atoms with Crippen molar-refractivity contribution in [2.24, 2.45) is 0 Å². The van der Waals surface area contributed by atoms with Crippen LogP contribution in [0.3, 0.4) is 0 Å². The zero-order valence-electron chi connectivity index (χ0n) is 14.5. The van der Waals surface area contributed by atoms with E-state index in [-0.39, 0.29) is 40.9 Å². The van der Waals surface area contributed by atoms with Gasteiger partial charge in [0.1, 0.15) is 6.54 Å². The number of carbonyl (C=O) groups is 1. The first-order chi connectivity index (χ1) is 11.6. The fourth-order valence-corrected chi connectivity index (χ4v) is 2.54. The van der Waals surface area contributed by atoms with Crippen molar-refractivity contribution in [1.82, 2.24) is 0 Å². The minimum absolute atomic E-state index is 0. The number of hydrogen-bond donors (Lipinski definition) is 0. The van der Waals surface area contributed by atoms with Crippen molar-refractivity contribution in [3.63, 3.8) is 0 Å². The Kier molecular flexibility index (Phi) is 6.93. The van der Waals surface area contributed by atoms with E-state index in [9.17, 15) is 25.0 Å². The first kappa shape index (κ1) is 21.6. The molecule has 0 aromatic heterocycles. The fourth-order valence-electron chi connectivity index (χ4n) is 2.54. The number of nitro benzene ring substituents is 2. The zero-order valence-corrected chi connectivity index (χ0v) is 16.7. The topological polar surface area (TPSA) is 103 Å². The van der Waals surface area contributed by atoms with Crippen LogP contribution in [0.15, 0.2) is 36.4 Å². The third-order valence-electron chi connectivity index (χ3n) is 3.61. The number of nitro groups is 2. The molecule has 0 aliphatic heterocycles. The van der Waals surface area contributed by atoms with E-state index in [0.29, 0.717) is 34.0 Å². The second-order valence-electron chi connectivity index (χ2n) is 6.70. The van der Waals surface area contributed by atoms with Gasteiger partial charge in [0.25, 0.3) is 11.4 Å². The molecule has 9 heteroatoms. The molecule has 0 saturated heterocycles. The molecule has 0 fully saturated rings. The normalized spacial score (nSPS) is 10.7. The average molecular weight is 471 g/mol. The van der Waals surface area contributed by atoms with E-state index in [4.69, 9.17) is 0 Å². The lowest BCUT2D eigenvalue weighted by Crippen LogP contribution is -3.00. The summed E-state index contributed by atoms with van der Waals surface area (Å²) in [4.78, 5) is 32.3. The van der Waals surface area contributed by atoms with Gasteiger partial charge < -0.3 is 28.5 Å². The molecule has 2 aromatic carbocycles. The van der Waals surface area contributed by atoms with E-state index >= 15 is 0 Å². The molecule has 2 rings (SSSR count). The van der Waals surface area contributed by atoms with Crippen molar-refractivity contribution in [3.8, 4) is 11.1 Å². The monoisotopic (exact) mass is 471 g/mol. The van der Waals surface area contributed by atoms with Gasteiger partial charge in [0.15, 0.2) is 6.29 Å². The number of rotatable bonds is 6. The van der Waals surface area contributed by atoms with Crippen LogP contribution in [0.5, 0.6) is 0 Å². The molecule has 26 heavy (non-hydrogen) atoms. The first-order valence-electron chi connectivity index (χ1n) is 7.44. The van der Waals surface area contributed by atoms with E-state index in [1.807, 2.05) is 21.1 Å². The van der Waals surface area contributed by atoms with E-state index < -0.39 is 9.85 Å². The summed E-state index contributed by atoms with van der Waals surface area (Å²) in [6.07, 6.45) is 0.411. The molecule has 0 aliphatic rings. The van der Waals surface area contributed by atoms with Crippen molar-refractivity contribution in [2.45, 2.75) is 6.54 Å². The Morgan fingerprint density at radius 1 is 0.923 bits per heavy atom. The zero-order chi connectivity index (χ0) is 18.8. The van der Waals surface area contributed by atoms with Gasteiger partial charge >= 0.3 is 0 Å². The highest BCUT2D eigenvalue weighted by Crippen LogP contribution is 2.31. The van der Waals surface area contributed by atoms with Crippen LogP contribution >= 0.6 is 0 Å². The van der Waals surface area contributed by atoms with Crippen molar-refractivity contribution >= 4 is 17.7 Å². The second-order valence-corrected chi connectivity index (χ2v) is 6.70. The molecule has 0 amide bonds. The Hall–Kier alpha value is -2.40. The predicted molar refractivity (Wildman–Crippen MR) is 92.3 cm³/mol. The maximum absolute atomic E-state index is 11.4. The fraction of sp³-hybridized carbons (Fsp3) is 0.235. The highest BCUT2D eigenvalue weighted by atomic mass is 127. The number of halogens is 1. The Morgan fingerprint density at radius 2 is 1.42 bits per heavy atom. The lowest BCUT2D eigenvalue weighted by Gasteiger charge is -2.23. The van der Waals surface area contributed by atoms with Crippen LogP contribution in [-0.4, -0.2) is 41.8 Å². The van der Waals surface area contributed by atoms with Crippen LogP contribution in [-0.2, 0) is 6.54 Å². The second kappa shape index (κ2) is 8.32. The average Bonchev–Trinajstić information content (AvgIpc) is 2.52. The summed E-state index contributed by atoms with van der Waals surface area (Å²) in [6.45, 7) is 0.473. The van der Waals surface area contributed by atoms with Crippen molar-refractivity contribution in [2.75, 3.05) is 21.1 Å². The largest absolute Gasteiger partial charge is 1.00 e. The first-order valence-corrected chi connectivity index (χ1v) is 7.44. The van der Waals surface area contributed by atoms with Gasteiger partial charge in [-0.05, 0) is 23.3 Å². The third-order valence-corrected chi connectivity index (χ3v) is 3.61. The predicted octanol–water partition coefficient (Wildman–Crippen LogP) is 0.193. The van der Waals surface area contributed by atoms with Crippen molar-refractivity contribution in [3.05, 3.63) is 67.8 Å². The molecule has 2 aromatic rings. The maximum atomic E-state index is 11.4. The number of nitrogens with zero attached hydrogens (tertiary/aromatic N) is 3. The van der Waals surface area contributed by atoms with Crippen LogP contribution in [0, 0.1) is 20.2 Å². The molecule has 0 heterocycles. The molecule has 0 unspecified atom stereocenters. The van der Waals surface area contributed by atoms with Crippen LogP contribution in [0.2, 0.25) is 0 Å². The van der Waals surface area contributed by atoms with Gasteiger partial charge in [0.05, 0.1) is 42.1 Å². The molecule has 0 atom stereocenters. The van der Waals surface area contributed by atoms with Crippen molar-refractivity contribution < 1.29 is 43.1 Å². The minimum atomic E-state index is -0.646. The minimum Gasteiger partial charge on any atom is -1.00 e. The van der Waals surface area contributed by atoms with Gasteiger partial charge in [-0.25, -0.2) is 0 Å². The van der Waals surface area contributed by atoms with Gasteiger partial charge in [-0.15, -0.1) is 0 Å². The molecule has 0 aliphatic carbocycles. The lowest BCUT2D eigenvalue weighted by atomic mass is 10.00. The quantitative estimate of drug-likeness (QED) is 0.197. The number of hydrogen-bond acceptors (Lipinski definition) is 5. The molecule has 0 spiro atoms. The number of quaternary nitrogens is 1.